The van der Waals surface area contributed by atoms with Crippen LogP contribution >= 0.6 is 0 Å². The third kappa shape index (κ3) is 7.50. The molecule has 1 aliphatic carbocycles. The van der Waals surface area contributed by atoms with Gasteiger partial charge in [0.2, 0.25) is 0 Å². The Bertz CT molecular complexity index is 228. The van der Waals surface area contributed by atoms with Crippen molar-refractivity contribution >= 4 is 5.84 Å². The van der Waals surface area contributed by atoms with Crippen molar-refractivity contribution in [2.45, 2.75) is 57.5 Å². The second-order valence-electron chi connectivity index (χ2n) is 4.93. The number of oxime groups is 1. The summed E-state index contributed by atoms with van der Waals surface area (Å²) in [4.78, 5) is 0. The first kappa shape index (κ1) is 15.2. The summed E-state index contributed by atoms with van der Waals surface area (Å²) >= 11 is 0. The summed E-state index contributed by atoms with van der Waals surface area (Å²) in [5.41, 5.74) is 5.38. The minimum atomic E-state index is 0.315. The van der Waals surface area contributed by atoms with E-state index in [9.17, 15) is 0 Å². The summed E-state index contributed by atoms with van der Waals surface area (Å²) in [5, 5.41) is 14.7. The lowest BCUT2D eigenvalue weighted by atomic mass is 9.98. The number of hydrogen-bond acceptors (Lipinski definition) is 4. The van der Waals surface area contributed by atoms with Crippen LogP contribution in [0.3, 0.4) is 0 Å². The first-order valence-corrected chi connectivity index (χ1v) is 7.11. The molecular weight excluding hydrogens is 230 g/mol. The van der Waals surface area contributed by atoms with Crippen LogP contribution in [-0.4, -0.2) is 36.8 Å². The monoisotopic (exact) mass is 257 g/mol. The van der Waals surface area contributed by atoms with Gasteiger partial charge in [0.15, 0.2) is 0 Å². The van der Waals surface area contributed by atoms with Crippen LogP contribution in [0.15, 0.2) is 5.16 Å². The number of nitrogens with zero attached hydrogens (tertiary/aromatic N) is 1. The van der Waals surface area contributed by atoms with E-state index in [-0.39, 0.29) is 0 Å². The van der Waals surface area contributed by atoms with Crippen LogP contribution < -0.4 is 11.1 Å². The van der Waals surface area contributed by atoms with E-state index in [0.29, 0.717) is 18.4 Å². The van der Waals surface area contributed by atoms with Gasteiger partial charge in [-0.3, -0.25) is 0 Å². The summed E-state index contributed by atoms with van der Waals surface area (Å²) in [6.45, 7) is 2.69. The van der Waals surface area contributed by atoms with Gasteiger partial charge in [-0.2, -0.15) is 0 Å². The molecule has 0 aromatic carbocycles. The van der Waals surface area contributed by atoms with E-state index >= 15 is 0 Å². The summed E-state index contributed by atoms with van der Waals surface area (Å²) in [7, 11) is 0. The molecule has 1 fully saturated rings. The maximum atomic E-state index is 8.36. The molecule has 0 aromatic rings. The topological polar surface area (TPSA) is 79.9 Å². The molecule has 18 heavy (non-hydrogen) atoms. The van der Waals surface area contributed by atoms with Crippen molar-refractivity contribution in [2.24, 2.45) is 10.9 Å². The molecule has 0 aromatic heterocycles. The highest BCUT2D eigenvalue weighted by Gasteiger charge is 2.12. The van der Waals surface area contributed by atoms with E-state index in [1.54, 1.807) is 0 Å². The average molecular weight is 257 g/mol. The minimum Gasteiger partial charge on any atom is -0.409 e. The Morgan fingerprint density at radius 3 is 2.72 bits per heavy atom. The van der Waals surface area contributed by atoms with E-state index in [1.807, 2.05) is 0 Å². The Labute approximate surface area is 110 Å². The van der Waals surface area contributed by atoms with E-state index in [2.05, 4.69) is 10.5 Å². The summed E-state index contributed by atoms with van der Waals surface area (Å²) < 4.78 is 5.81. The fraction of sp³-hybridized carbons (Fsp3) is 0.923. The van der Waals surface area contributed by atoms with Crippen molar-refractivity contribution < 1.29 is 9.94 Å². The zero-order valence-electron chi connectivity index (χ0n) is 11.2. The second kappa shape index (κ2) is 10.1. The summed E-state index contributed by atoms with van der Waals surface area (Å²) in [6, 6.07) is 0. The van der Waals surface area contributed by atoms with Crippen LogP contribution in [0.4, 0.5) is 0 Å². The van der Waals surface area contributed by atoms with Gasteiger partial charge in [-0.05, 0) is 32.2 Å². The van der Waals surface area contributed by atoms with E-state index in [1.165, 1.54) is 32.1 Å². The molecule has 0 heterocycles. The lowest BCUT2D eigenvalue weighted by molar-refractivity contribution is 0.0304. The molecule has 0 spiro atoms. The van der Waals surface area contributed by atoms with Gasteiger partial charge in [-0.1, -0.05) is 24.4 Å². The lowest BCUT2D eigenvalue weighted by Gasteiger charge is -2.22. The van der Waals surface area contributed by atoms with Crippen molar-refractivity contribution in [3.8, 4) is 0 Å². The Kier molecular flexibility index (Phi) is 8.59. The standard InChI is InChI=1S/C13H27N3O2/c14-13(16-17)8-4-5-9-15-10-11-18-12-6-2-1-3-7-12/h12,15,17H,1-11H2,(H2,14,16). The maximum Gasteiger partial charge on any atom is 0.139 e. The van der Waals surface area contributed by atoms with Crippen LogP contribution in [0, 0.1) is 0 Å². The number of ether oxygens (including phenoxy) is 1. The zero-order valence-corrected chi connectivity index (χ0v) is 11.2. The van der Waals surface area contributed by atoms with Gasteiger partial charge in [-0.25, -0.2) is 0 Å². The average Bonchev–Trinajstić information content (AvgIpc) is 2.42. The van der Waals surface area contributed by atoms with Crippen LogP contribution in [0.5, 0.6) is 0 Å². The Morgan fingerprint density at radius 1 is 1.22 bits per heavy atom. The van der Waals surface area contributed by atoms with Crippen LogP contribution in [-0.2, 0) is 4.74 Å². The molecular formula is C13H27N3O2. The van der Waals surface area contributed by atoms with Gasteiger partial charge in [0.1, 0.15) is 5.84 Å². The van der Waals surface area contributed by atoms with Gasteiger partial charge in [0.25, 0.3) is 0 Å². The molecule has 0 saturated heterocycles. The molecule has 5 heteroatoms. The predicted molar refractivity (Wildman–Crippen MR) is 73.0 cm³/mol. The van der Waals surface area contributed by atoms with Gasteiger partial charge in [-0.15, -0.1) is 0 Å². The third-order valence-corrected chi connectivity index (χ3v) is 3.35. The summed E-state index contributed by atoms with van der Waals surface area (Å²) in [6.07, 6.45) is 9.65. The third-order valence-electron chi connectivity index (χ3n) is 3.35. The quantitative estimate of drug-likeness (QED) is 0.194. The van der Waals surface area contributed by atoms with E-state index < -0.39 is 0 Å². The van der Waals surface area contributed by atoms with Crippen molar-refractivity contribution in [1.82, 2.24) is 5.32 Å². The molecule has 1 aliphatic rings. The fourth-order valence-corrected chi connectivity index (χ4v) is 2.26. The molecule has 0 amide bonds. The molecule has 0 unspecified atom stereocenters. The SMILES string of the molecule is NC(CCCCNCCOC1CCCCC1)=NO. The Hall–Kier alpha value is -0.810. The molecule has 1 saturated carbocycles. The fourth-order valence-electron chi connectivity index (χ4n) is 2.26. The normalized spacial score (nSPS) is 18.1. The highest BCUT2D eigenvalue weighted by atomic mass is 16.5. The van der Waals surface area contributed by atoms with Gasteiger partial charge in [0.05, 0.1) is 12.7 Å². The number of nitrogens with two attached hydrogens (primary N) is 1. The molecule has 0 radical (unpaired) electrons. The van der Waals surface area contributed by atoms with E-state index in [0.717, 1.165) is 32.5 Å². The first-order chi connectivity index (χ1) is 8.83. The number of rotatable bonds is 9. The molecule has 5 nitrogen and oxygen atoms in total. The maximum absolute atomic E-state index is 8.36. The van der Waals surface area contributed by atoms with Crippen LogP contribution in [0.2, 0.25) is 0 Å². The molecule has 0 atom stereocenters. The molecule has 4 N–H and O–H groups in total. The van der Waals surface area contributed by atoms with Gasteiger partial charge in [0, 0.05) is 13.0 Å². The smallest absolute Gasteiger partial charge is 0.139 e. The highest BCUT2D eigenvalue weighted by molar-refractivity contribution is 5.79. The minimum absolute atomic E-state index is 0.315. The zero-order chi connectivity index (χ0) is 13.1. The van der Waals surface area contributed by atoms with Crippen molar-refractivity contribution in [3.63, 3.8) is 0 Å². The number of unbranched alkanes of at least 4 members (excludes halogenated alkanes) is 1. The highest BCUT2D eigenvalue weighted by Crippen LogP contribution is 2.19. The first-order valence-electron chi connectivity index (χ1n) is 7.11. The van der Waals surface area contributed by atoms with Crippen molar-refractivity contribution in [3.05, 3.63) is 0 Å². The predicted octanol–water partition coefficient (Wildman–Crippen LogP) is 1.84. The van der Waals surface area contributed by atoms with Gasteiger partial charge < -0.3 is 21.0 Å². The van der Waals surface area contributed by atoms with E-state index in [4.69, 9.17) is 15.7 Å². The van der Waals surface area contributed by atoms with Crippen LogP contribution in [0.25, 0.3) is 0 Å². The molecule has 0 aliphatic heterocycles. The number of amidine groups is 1. The van der Waals surface area contributed by atoms with Gasteiger partial charge >= 0.3 is 0 Å². The molecule has 0 bridgehead atoms. The number of hydrogen-bond donors (Lipinski definition) is 3. The summed E-state index contributed by atoms with van der Waals surface area (Å²) in [5.74, 6) is 0.315. The Balaban J connectivity index is 1.81. The molecule has 106 valence electrons. The van der Waals surface area contributed by atoms with Crippen molar-refractivity contribution in [2.75, 3.05) is 19.7 Å². The number of nitrogens with one attached hydrogen (secondary N) is 1. The molecule has 1 rings (SSSR count). The second-order valence-corrected chi connectivity index (χ2v) is 4.93. The Morgan fingerprint density at radius 2 is 2.00 bits per heavy atom. The lowest BCUT2D eigenvalue weighted by Crippen LogP contribution is -2.25. The van der Waals surface area contributed by atoms with Crippen molar-refractivity contribution in [1.29, 1.82) is 0 Å². The van der Waals surface area contributed by atoms with Crippen LogP contribution in [0.1, 0.15) is 51.4 Å². The largest absolute Gasteiger partial charge is 0.409 e.